The second-order valence-electron chi connectivity index (χ2n) is 10.7. The van der Waals surface area contributed by atoms with Gasteiger partial charge < -0.3 is 20.3 Å². The van der Waals surface area contributed by atoms with Gasteiger partial charge in [0, 0.05) is 25.6 Å². The van der Waals surface area contributed by atoms with Crippen LogP contribution in [0.15, 0.2) is 120 Å². The number of likely N-dealkylation sites (N-methyl/N-ethyl adjacent to an activating group) is 1. The lowest BCUT2D eigenvalue weighted by atomic mass is 9.95. The average Bonchev–Trinajstić information content (AvgIpc) is 3.39. The predicted octanol–water partition coefficient (Wildman–Crippen LogP) is 5.34. The van der Waals surface area contributed by atoms with Gasteiger partial charge >= 0.3 is 6.03 Å². The monoisotopic (exact) mass is 590 g/mol. The van der Waals surface area contributed by atoms with Gasteiger partial charge in [-0.3, -0.25) is 14.5 Å². The maximum absolute atomic E-state index is 14.3. The first-order valence-corrected chi connectivity index (χ1v) is 14.3. The fourth-order valence-electron chi connectivity index (χ4n) is 5.60. The van der Waals surface area contributed by atoms with Crippen LogP contribution in [0, 0.1) is 5.82 Å². The molecule has 2 aliphatic rings. The van der Waals surface area contributed by atoms with Gasteiger partial charge in [0.25, 0.3) is 5.91 Å². The van der Waals surface area contributed by atoms with E-state index in [9.17, 15) is 18.8 Å². The van der Waals surface area contributed by atoms with E-state index in [1.54, 1.807) is 37.4 Å². The minimum absolute atomic E-state index is 0.0251. The van der Waals surface area contributed by atoms with E-state index < -0.39 is 23.8 Å². The van der Waals surface area contributed by atoms with Crippen LogP contribution in [0.4, 0.5) is 9.18 Å². The van der Waals surface area contributed by atoms with E-state index in [1.165, 1.54) is 15.9 Å². The third kappa shape index (κ3) is 5.89. The highest BCUT2D eigenvalue weighted by Crippen LogP contribution is 2.38. The minimum atomic E-state index is -0.904. The fourth-order valence-corrected chi connectivity index (χ4v) is 5.60. The van der Waals surface area contributed by atoms with Crippen LogP contribution in [-0.2, 0) is 22.6 Å². The largest absolute Gasteiger partial charge is 0.457 e. The van der Waals surface area contributed by atoms with Crippen molar-refractivity contribution in [2.75, 3.05) is 13.6 Å². The Morgan fingerprint density at radius 3 is 2.36 bits per heavy atom. The lowest BCUT2D eigenvalue weighted by Gasteiger charge is -2.31. The van der Waals surface area contributed by atoms with Gasteiger partial charge in [-0.2, -0.15) is 0 Å². The molecule has 4 amide bonds. The van der Waals surface area contributed by atoms with Crippen molar-refractivity contribution < 1.29 is 23.5 Å². The molecule has 4 aromatic carbocycles. The maximum Gasteiger partial charge on any atom is 0.322 e. The molecule has 2 unspecified atom stereocenters. The molecule has 0 bridgehead atoms. The second kappa shape index (κ2) is 12.4. The third-order valence-electron chi connectivity index (χ3n) is 7.92. The Hall–Kier alpha value is -5.44. The zero-order chi connectivity index (χ0) is 30.6. The molecule has 2 atom stereocenters. The summed E-state index contributed by atoms with van der Waals surface area (Å²) < 4.78 is 20.3. The van der Waals surface area contributed by atoms with Gasteiger partial charge in [0.1, 0.15) is 23.4 Å². The van der Waals surface area contributed by atoms with E-state index in [1.807, 2.05) is 72.8 Å². The molecule has 0 radical (unpaired) electrons. The van der Waals surface area contributed by atoms with Crippen molar-refractivity contribution in [3.05, 3.63) is 143 Å². The molecule has 44 heavy (non-hydrogen) atoms. The molecule has 0 aromatic heterocycles. The summed E-state index contributed by atoms with van der Waals surface area (Å²) in [5.41, 5.74) is 2.80. The molecular weight excluding hydrogens is 559 g/mol. The summed E-state index contributed by atoms with van der Waals surface area (Å²) in [6, 6.07) is 30.2. The third-order valence-corrected chi connectivity index (χ3v) is 7.92. The second-order valence-corrected chi connectivity index (χ2v) is 10.7. The van der Waals surface area contributed by atoms with Crippen LogP contribution >= 0.6 is 0 Å². The summed E-state index contributed by atoms with van der Waals surface area (Å²) >= 11 is 0. The van der Waals surface area contributed by atoms with E-state index in [2.05, 4.69) is 10.6 Å². The van der Waals surface area contributed by atoms with Crippen molar-refractivity contribution in [1.82, 2.24) is 20.4 Å². The lowest BCUT2D eigenvalue weighted by molar-refractivity contribution is -0.136. The maximum atomic E-state index is 14.3. The molecule has 0 spiro atoms. The summed E-state index contributed by atoms with van der Waals surface area (Å²) in [5.74, 6) is 0.0237. The van der Waals surface area contributed by atoms with Crippen LogP contribution in [0.25, 0.3) is 0 Å². The SMILES string of the molecule is CN1C(=O)NC(c2cccc(Oc3ccccc3)c2)C2=C1CN(C(Cc1ccccc1)C(=O)NCc1ccccc1F)C2=O. The van der Waals surface area contributed by atoms with E-state index >= 15 is 0 Å². The van der Waals surface area contributed by atoms with Gasteiger partial charge in [-0.05, 0) is 41.5 Å². The Kier molecular flexibility index (Phi) is 8.10. The highest BCUT2D eigenvalue weighted by Gasteiger charge is 2.46. The van der Waals surface area contributed by atoms with Crippen LogP contribution in [0.3, 0.4) is 0 Å². The van der Waals surface area contributed by atoms with Crippen LogP contribution in [0.1, 0.15) is 22.7 Å². The van der Waals surface area contributed by atoms with Gasteiger partial charge in [-0.25, -0.2) is 9.18 Å². The zero-order valence-electron chi connectivity index (χ0n) is 24.1. The number of ether oxygens (including phenoxy) is 1. The van der Waals surface area contributed by atoms with Crippen molar-refractivity contribution in [2.45, 2.75) is 25.0 Å². The number of hydrogen-bond donors (Lipinski definition) is 2. The number of amides is 4. The van der Waals surface area contributed by atoms with Crippen LogP contribution < -0.4 is 15.4 Å². The molecule has 0 fully saturated rings. The number of urea groups is 1. The number of carbonyl (C=O) groups is 3. The molecule has 0 aliphatic carbocycles. The summed E-state index contributed by atoms with van der Waals surface area (Å²) in [4.78, 5) is 44.0. The van der Waals surface area contributed by atoms with Gasteiger partial charge in [0.15, 0.2) is 0 Å². The molecule has 0 saturated carbocycles. The van der Waals surface area contributed by atoms with Crippen LogP contribution in [0.5, 0.6) is 11.5 Å². The molecule has 6 rings (SSSR count). The van der Waals surface area contributed by atoms with E-state index in [0.717, 1.165) is 5.56 Å². The Morgan fingerprint density at radius 2 is 1.61 bits per heavy atom. The lowest BCUT2D eigenvalue weighted by Crippen LogP contribution is -2.49. The average molecular weight is 591 g/mol. The first-order chi connectivity index (χ1) is 21.4. The molecular formula is C35H31FN4O4. The van der Waals surface area contributed by atoms with Crippen molar-refractivity contribution in [3.63, 3.8) is 0 Å². The van der Waals surface area contributed by atoms with Gasteiger partial charge in [0.2, 0.25) is 5.91 Å². The fraction of sp³-hybridized carbons (Fsp3) is 0.171. The summed E-state index contributed by atoms with van der Waals surface area (Å²) in [6.45, 7) is 0.0438. The Labute approximate surface area is 254 Å². The number of nitrogens with one attached hydrogen (secondary N) is 2. The standard InChI is InChI=1S/C35H31FN4O4/c1-39-30-22-40(29(19-23-11-4-2-5-12-23)33(41)37-21-25-13-8-9-18-28(25)36)34(42)31(30)32(38-35(39)43)24-14-10-17-27(20-24)44-26-15-6-3-7-16-26/h2-18,20,29,32H,19,21-22H2,1H3,(H,37,41)(H,38,43). The topological polar surface area (TPSA) is 91.0 Å². The summed E-state index contributed by atoms with van der Waals surface area (Å²) in [5, 5.41) is 5.78. The van der Waals surface area contributed by atoms with E-state index in [-0.39, 0.29) is 31.4 Å². The van der Waals surface area contributed by atoms with E-state index in [0.29, 0.717) is 33.9 Å². The highest BCUT2D eigenvalue weighted by molar-refractivity contribution is 6.03. The summed E-state index contributed by atoms with van der Waals surface area (Å²) in [7, 11) is 1.61. The highest BCUT2D eigenvalue weighted by atomic mass is 19.1. The number of nitrogens with zero attached hydrogens (tertiary/aromatic N) is 2. The molecule has 9 heteroatoms. The molecule has 0 saturated heterocycles. The van der Waals surface area contributed by atoms with Crippen molar-refractivity contribution in [2.24, 2.45) is 0 Å². The molecule has 2 N–H and O–H groups in total. The normalized spacial score (nSPS) is 16.8. The molecule has 8 nitrogen and oxygen atoms in total. The molecule has 2 heterocycles. The van der Waals surface area contributed by atoms with Crippen LogP contribution in [0.2, 0.25) is 0 Å². The zero-order valence-corrected chi connectivity index (χ0v) is 24.1. The minimum Gasteiger partial charge on any atom is -0.457 e. The number of hydrogen-bond acceptors (Lipinski definition) is 4. The summed E-state index contributed by atoms with van der Waals surface area (Å²) in [6.07, 6.45) is 0.242. The first kappa shape index (κ1) is 28.7. The Bertz CT molecular complexity index is 1730. The number of benzene rings is 4. The van der Waals surface area contributed by atoms with Crippen molar-refractivity contribution in [3.8, 4) is 11.5 Å². The van der Waals surface area contributed by atoms with E-state index in [4.69, 9.17) is 4.74 Å². The number of rotatable bonds is 9. The number of para-hydroxylation sites is 1. The van der Waals surface area contributed by atoms with Gasteiger partial charge in [0.05, 0.1) is 23.9 Å². The Morgan fingerprint density at radius 1 is 0.932 bits per heavy atom. The van der Waals surface area contributed by atoms with Gasteiger partial charge in [-0.1, -0.05) is 78.9 Å². The quantitative estimate of drug-likeness (QED) is 0.276. The Balaban J connectivity index is 1.29. The smallest absolute Gasteiger partial charge is 0.322 e. The number of halogens is 1. The molecule has 4 aromatic rings. The predicted molar refractivity (Wildman–Crippen MR) is 163 cm³/mol. The van der Waals surface area contributed by atoms with Crippen molar-refractivity contribution >= 4 is 17.8 Å². The molecule has 222 valence electrons. The van der Waals surface area contributed by atoms with Crippen molar-refractivity contribution in [1.29, 1.82) is 0 Å². The van der Waals surface area contributed by atoms with Crippen LogP contribution in [-0.4, -0.2) is 47.3 Å². The van der Waals surface area contributed by atoms with Gasteiger partial charge in [-0.15, -0.1) is 0 Å². The number of carbonyl (C=O) groups excluding carboxylic acids is 3. The first-order valence-electron chi connectivity index (χ1n) is 14.3. The molecule has 2 aliphatic heterocycles.